The quantitative estimate of drug-likeness (QED) is 0.677. The van der Waals surface area contributed by atoms with Crippen molar-refractivity contribution >= 4 is 17.5 Å². The van der Waals surface area contributed by atoms with Crippen LogP contribution in [0.4, 0.5) is 0 Å². The van der Waals surface area contributed by atoms with E-state index in [0.717, 1.165) is 16.2 Å². The molecule has 0 bridgehead atoms. The number of thioether (sulfide) groups is 1. The predicted octanol–water partition coefficient (Wildman–Crippen LogP) is 3.91. The Kier molecular flexibility index (Phi) is 2.87. The number of carbonyl (C=O) groups is 1. The normalized spacial score (nSPS) is 20.8. The maximum atomic E-state index is 12.1. The molecule has 86 valence electrons. The van der Waals surface area contributed by atoms with E-state index in [9.17, 15) is 4.79 Å². The van der Waals surface area contributed by atoms with Crippen molar-refractivity contribution in [1.29, 1.82) is 0 Å². The second-order valence-corrected chi connectivity index (χ2v) is 6.60. The van der Waals surface area contributed by atoms with Crippen molar-refractivity contribution < 1.29 is 4.79 Å². The molecule has 0 fully saturated rings. The second kappa shape index (κ2) is 3.92. The first-order valence-corrected chi connectivity index (χ1v) is 6.69. The van der Waals surface area contributed by atoms with Crippen molar-refractivity contribution in [3.8, 4) is 0 Å². The van der Waals surface area contributed by atoms with E-state index in [4.69, 9.17) is 0 Å². The van der Waals surface area contributed by atoms with Gasteiger partial charge in [0, 0.05) is 22.1 Å². The lowest BCUT2D eigenvalue weighted by Crippen LogP contribution is -2.21. The van der Waals surface area contributed by atoms with E-state index in [1.807, 2.05) is 6.92 Å². The van der Waals surface area contributed by atoms with Gasteiger partial charge in [0.2, 0.25) is 0 Å². The van der Waals surface area contributed by atoms with Gasteiger partial charge in [0.05, 0.1) is 0 Å². The Morgan fingerprint density at radius 1 is 1.31 bits per heavy atom. The van der Waals surface area contributed by atoms with Crippen molar-refractivity contribution in [3.63, 3.8) is 0 Å². The molecule has 0 saturated carbocycles. The lowest BCUT2D eigenvalue weighted by Gasteiger charge is -2.24. The Morgan fingerprint density at radius 2 is 2.00 bits per heavy atom. The third-order valence-corrected chi connectivity index (χ3v) is 4.38. The van der Waals surface area contributed by atoms with Crippen LogP contribution in [0.5, 0.6) is 0 Å². The van der Waals surface area contributed by atoms with E-state index in [0.29, 0.717) is 5.78 Å². The van der Waals surface area contributed by atoms with Crippen LogP contribution < -0.4 is 0 Å². The summed E-state index contributed by atoms with van der Waals surface area (Å²) in [4.78, 5) is 13.2. The van der Waals surface area contributed by atoms with Gasteiger partial charge < -0.3 is 0 Å². The minimum atomic E-state index is 0.112. The van der Waals surface area contributed by atoms with Gasteiger partial charge in [-0.05, 0) is 23.1 Å². The average molecular weight is 234 g/mol. The zero-order valence-electron chi connectivity index (χ0n) is 10.3. The van der Waals surface area contributed by atoms with Gasteiger partial charge in [-0.25, -0.2) is 0 Å². The van der Waals surface area contributed by atoms with Gasteiger partial charge in [0.25, 0.3) is 0 Å². The molecule has 0 amide bonds. The van der Waals surface area contributed by atoms with Crippen LogP contribution in [0.2, 0.25) is 0 Å². The number of Topliss-reactive ketones (excluding diaryl/α,β-unsaturated/α-hetero) is 1. The van der Waals surface area contributed by atoms with Crippen molar-refractivity contribution in [1.82, 2.24) is 0 Å². The van der Waals surface area contributed by atoms with Crippen LogP contribution in [0.15, 0.2) is 23.1 Å². The molecule has 1 atom stereocenters. The van der Waals surface area contributed by atoms with Gasteiger partial charge in [-0.2, -0.15) is 0 Å². The zero-order valence-corrected chi connectivity index (χ0v) is 11.1. The fourth-order valence-electron chi connectivity index (χ4n) is 1.87. The molecular formula is C14H18OS. The summed E-state index contributed by atoms with van der Waals surface area (Å²) in [6.07, 6.45) is 0. The van der Waals surface area contributed by atoms with Gasteiger partial charge in [-0.1, -0.05) is 33.8 Å². The molecule has 16 heavy (non-hydrogen) atoms. The standard InChI is InChI=1S/C14H18OS/c1-9-8-16-12-6-5-10(14(2,3)4)7-11(12)13(9)15/h5-7,9H,8H2,1-4H3. The Balaban J connectivity index is 2.49. The maximum absolute atomic E-state index is 12.1. The molecule has 1 aliphatic heterocycles. The number of hydrogen-bond donors (Lipinski definition) is 0. The number of fused-ring (bicyclic) bond motifs is 1. The Bertz CT molecular complexity index is 429. The van der Waals surface area contributed by atoms with Crippen molar-refractivity contribution in [2.45, 2.75) is 38.0 Å². The van der Waals surface area contributed by atoms with Crippen molar-refractivity contribution in [2.24, 2.45) is 5.92 Å². The lowest BCUT2D eigenvalue weighted by atomic mass is 9.85. The molecule has 0 radical (unpaired) electrons. The minimum absolute atomic E-state index is 0.112. The predicted molar refractivity (Wildman–Crippen MR) is 69.4 cm³/mol. The molecule has 1 nitrogen and oxygen atoms in total. The van der Waals surface area contributed by atoms with Crippen LogP contribution >= 0.6 is 11.8 Å². The summed E-state index contributed by atoms with van der Waals surface area (Å²) in [5.74, 6) is 1.38. The van der Waals surface area contributed by atoms with Crippen molar-refractivity contribution in [2.75, 3.05) is 5.75 Å². The van der Waals surface area contributed by atoms with Crippen LogP contribution in [0, 0.1) is 5.92 Å². The number of benzene rings is 1. The van der Waals surface area contributed by atoms with Crippen LogP contribution in [0.1, 0.15) is 43.6 Å². The van der Waals surface area contributed by atoms with Gasteiger partial charge in [0.1, 0.15) is 0 Å². The molecule has 1 heterocycles. The van der Waals surface area contributed by atoms with Gasteiger partial charge in [-0.3, -0.25) is 4.79 Å². The molecule has 0 N–H and O–H groups in total. The van der Waals surface area contributed by atoms with Crippen LogP contribution in [-0.2, 0) is 5.41 Å². The highest BCUT2D eigenvalue weighted by atomic mass is 32.2. The fourth-order valence-corrected chi connectivity index (χ4v) is 2.93. The number of carbonyl (C=O) groups excluding carboxylic acids is 1. The van der Waals surface area contributed by atoms with E-state index in [-0.39, 0.29) is 11.3 Å². The first kappa shape index (κ1) is 11.7. The first-order valence-electron chi connectivity index (χ1n) is 5.71. The molecule has 2 rings (SSSR count). The van der Waals surface area contributed by atoms with Crippen LogP contribution in [0.3, 0.4) is 0 Å². The highest BCUT2D eigenvalue weighted by Crippen LogP contribution is 2.35. The summed E-state index contributed by atoms with van der Waals surface area (Å²) in [7, 11) is 0. The molecular weight excluding hydrogens is 216 g/mol. The smallest absolute Gasteiger partial charge is 0.167 e. The number of ketones is 1. The van der Waals surface area contributed by atoms with Crippen LogP contribution in [-0.4, -0.2) is 11.5 Å². The zero-order chi connectivity index (χ0) is 11.9. The molecule has 1 aromatic rings. The number of hydrogen-bond acceptors (Lipinski definition) is 2. The van der Waals surface area contributed by atoms with E-state index < -0.39 is 0 Å². The summed E-state index contributed by atoms with van der Waals surface area (Å²) in [6.45, 7) is 8.55. The van der Waals surface area contributed by atoms with E-state index in [2.05, 4.69) is 39.0 Å². The Morgan fingerprint density at radius 3 is 2.62 bits per heavy atom. The number of rotatable bonds is 0. The van der Waals surface area contributed by atoms with Crippen LogP contribution in [0.25, 0.3) is 0 Å². The third kappa shape index (κ3) is 2.03. The van der Waals surface area contributed by atoms with E-state index in [1.54, 1.807) is 11.8 Å². The topological polar surface area (TPSA) is 17.1 Å². The Labute approximate surface area is 102 Å². The monoisotopic (exact) mass is 234 g/mol. The fraction of sp³-hybridized carbons (Fsp3) is 0.500. The van der Waals surface area contributed by atoms with E-state index in [1.165, 1.54) is 5.56 Å². The van der Waals surface area contributed by atoms with Gasteiger partial charge in [-0.15, -0.1) is 11.8 Å². The minimum Gasteiger partial charge on any atom is -0.294 e. The van der Waals surface area contributed by atoms with Gasteiger partial charge in [0.15, 0.2) is 5.78 Å². The summed E-state index contributed by atoms with van der Waals surface area (Å²) >= 11 is 1.80. The molecule has 1 aromatic carbocycles. The molecule has 1 aliphatic rings. The SMILES string of the molecule is CC1CSc2ccc(C(C)(C)C)cc2C1=O. The highest BCUT2D eigenvalue weighted by molar-refractivity contribution is 7.99. The summed E-state index contributed by atoms with van der Waals surface area (Å²) < 4.78 is 0. The van der Waals surface area contributed by atoms with Crippen molar-refractivity contribution in [3.05, 3.63) is 29.3 Å². The molecule has 2 heteroatoms. The first-order chi connectivity index (χ1) is 7.39. The molecule has 0 saturated heterocycles. The summed E-state index contributed by atoms with van der Waals surface area (Å²) in [5.41, 5.74) is 2.28. The highest BCUT2D eigenvalue weighted by Gasteiger charge is 2.26. The molecule has 0 spiro atoms. The summed E-state index contributed by atoms with van der Waals surface area (Å²) in [5, 5.41) is 0. The maximum Gasteiger partial charge on any atom is 0.167 e. The summed E-state index contributed by atoms with van der Waals surface area (Å²) in [6, 6.07) is 6.33. The molecule has 0 aromatic heterocycles. The molecule has 0 aliphatic carbocycles. The Hall–Kier alpha value is -0.760. The lowest BCUT2D eigenvalue weighted by molar-refractivity contribution is 0.0936. The largest absolute Gasteiger partial charge is 0.294 e. The van der Waals surface area contributed by atoms with E-state index >= 15 is 0 Å². The average Bonchev–Trinajstić information content (AvgIpc) is 2.22. The second-order valence-electron chi connectivity index (χ2n) is 5.54. The van der Waals surface area contributed by atoms with Gasteiger partial charge >= 0.3 is 0 Å². The third-order valence-electron chi connectivity index (χ3n) is 3.05. The molecule has 1 unspecified atom stereocenters.